The van der Waals surface area contributed by atoms with E-state index < -0.39 is 24.0 Å². The average molecular weight is 605 g/mol. The molecule has 1 saturated heterocycles. The Bertz CT molecular complexity index is 1680. The van der Waals surface area contributed by atoms with Crippen LogP contribution in [-0.4, -0.2) is 69.2 Å². The van der Waals surface area contributed by atoms with Gasteiger partial charge in [-0.25, -0.2) is 23.7 Å². The van der Waals surface area contributed by atoms with Crippen LogP contribution in [0.3, 0.4) is 0 Å². The van der Waals surface area contributed by atoms with Crippen LogP contribution >= 0.6 is 0 Å². The molecule has 0 bridgehead atoms. The van der Waals surface area contributed by atoms with Crippen molar-refractivity contribution in [1.29, 1.82) is 0 Å². The summed E-state index contributed by atoms with van der Waals surface area (Å²) in [7, 11) is 1.87. The minimum Gasteiger partial charge on any atom is -0.442 e. The summed E-state index contributed by atoms with van der Waals surface area (Å²) in [5, 5.41) is 2.49. The summed E-state index contributed by atoms with van der Waals surface area (Å²) in [4.78, 5) is 50.7. The lowest BCUT2D eigenvalue weighted by atomic mass is 10.0. The number of para-hydroxylation sites is 2. The number of ether oxygens (including phenoxy) is 1. The van der Waals surface area contributed by atoms with Gasteiger partial charge in [-0.3, -0.25) is 9.59 Å². The van der Waals surface area contributed by atoms with Gasteiger partial charge in [0.15, 0.2) is 6.73 Å². The number of fused-ring (bicyclic) bond motifs is 1. The third kappa shape index (κ3) is 6.72. The number of piperidine rings is 1. The molecular formula is C31H37FN8O4. The summed E-state index contributed by atoms with van der Waals surface area (Å²) in [5.41, 5.74) is 8.06. The monoisotopic (exact) mass is 604 g/mol. The zero-order valence-electron chi connectivity index (χ0n) is 25.0. The van der Waals surface area contributed by atoms with Gasteiger partial charge in [-0.1, -0.05) is 24.3 Å². The maximum Gasteiger partial charge on any atom is 0.330 e. The van der Waals surface area contributed by atoms with E-state index in [0.717, 1.165) is 35.4 Å². The largest absolute Gasteiger partial charge is 0.442 e. The van der Waals surface area contributed by atoms with Crippen LogP contribution in [-0.2, 0) is 27.6 Å². The van der Waals surface area contributed by atoms with Crippen molar-refractivity contribution in [2.45, 2.75) is 58.1 Å². The molecule has 2 aromatic carbocycles. The van der Waals surface area contributed by atoms with Gasteiger partial charge >= 0.3 is 5.97 Å². The van der Waals surface area contributed by atoms with Crippen LogP contribution in [0.2, 0.25) is 0 Å². The highest BCUT2D eigenvalue weighted by Crippen LogP contribution is 2.28. The standard InChI is InChI=1S/C31H37FN8O4/c1-20(33)28(42)35-21(2)29(43)44-19-40-27(41)12-15-34-30(40)37(3)24-13-16-38(17-14-24)31-36-25-6-4-5-7-26(25)39(31)18-22-8-10-23(32)11-9-22/h4-12,15,20-21,24H,13-14,16-19,33H2,1-3H3,(H,35,42). The molecule has 44 heavy (non-hydrogen) atoms. The van der Waals surface area contributed by atoms with E-state index in [2.05, 4.69) is 19.8 Å². The van der Waals surface area contributed by atoms with Crippen LogP contribution in [0.5, 0.6) is 0 Å². The number of nitrogens with two attached hydrogens (primary N) is 1. The zero-order valence-corrected chi connectivity index (χ0v) is 25.0. The normalized spacial score (nSPS) is 15.2. The topological polar surface area (TPSA) is 141 Å². The number of nitrogens with zero attached hydrogens (tertiary/aromatic N) is 6. The third-order valence-electron chi connectivity index (χ3n) is 7.88. The minimum atomic E-state index is -0.932. The highest BCUT2D eigenvalue weighted by Gasteiger charge is 2.28. The van der Waals surface area contributed by atoms with Gasteiger partial charge in [0, 0.05) is 38.4 Å². The Balaban J connectivity index is 1.28. The summed E-state index contributed by atoms with van der Waals surface area (Å²) in [5.74, 6) is -0.221. The second-order valence-corrected chi connectivity index (χ2v) is 11.1. The van der Waals surface area contributed by atoms with Crippen LogP contribution in [0.4, 0.5) is 16.3 Å². The third-order valence-corrected chi connectivity index (χ3v) is 7.88. The fraction of sp³-hybridized carbons (Fsp3) is 0.387. The minimum absolute atomic E-state index is 0.0571. The molecule has 5 rings (SSSR count). The Morgan fingerprint density at radius 2 is 1.80 bits per heavy atom. The van der Waals surface area contributed by atoms with E-state index in [1.54, 1.807) is 12.1 Å². The molecule has 12 nitrogen and oxygen atoms in total. The number of hydrogen-bond donors (Lipinski definition) is 2. The van der Waals surface area contributed by atoms with Gasteiger partial charge in [0.05, 0.1) is 23.6 Å². The van der Waals surface area contributed by atoms with E-state index in [1.165, 1.54) is 42.8 Å². The Morgan fingerprint density at radius 1 is 1.09 bits per heavy atom. The molecule has 3 N–H and O–H groups in total. The average Bonchev–Trinajstić information content (AvgIpc) is 3.39. The van der Waals surface area contributed by atoms with Gasteiger partial charge in [-0.05, 0) is 56.5 Å². The predicted molar refractivity (Wildman–Crippen MR) is 165 cm³/mol. The Hall–Kier alpha value is -4.78. The molecule has 4 aromatic rings. The number of halogens is 1. The van der Waals surface area contributed by atoms with E-state index >= 15 is 0 Å². The first-order valence-electron chi connectivity index (χ1n) is 14.6. The quantitative estimate of drug-likeness (QED) is 0.261. The molecule has 13 heteroatoms. The number of rotatable bonds is 10. The van der Waals surface area contributed by atoms with Gasteiger partial charge in [0.1, 0.15) is 11.9 Å². The number of esters is 1. The summed E-state index contributed by atoms with van der Waals surface area (Å²) in [6.07, 6.45) is 2.97. The Labute approximate surface area is 254 Å². The van der Waals surface area contributed by atoms with Crippen LogP contribution in [0, 0.1) is 5.82 Å². The second kappa shape index (κ2) is 13.2. The van der Waals surface area contributed by atoms with Crippen molar-refractivity contribution in [2.24, 2.45) is 5.73 Å². The molecule has 1 aliphatic rings. The fourth-order valence-electron chi connectivity index (χ4n) is 5.33. The smallest absolute Gasteiger partial charge is 0.330 e. The number of carbonyl (C=O) groups is 2. The van der Waals surface area contributed by atoms with Crippen molar-refractivity contribution in [3.63, 3.8) is 0 Å². The number of imidazole rings is 1. The number of carbonyl (C=O) groups excluding carboxylic acids is 2. The van der Waals surface area contributed by atoms with Crippen LogP contribution in [0.15, 0.2) is 65.6 Å². The molecule has 0 radical (unpaired) electrons. The molecule has 1 amide bonds. The first kappa shape index (κ1) is 30.7. The second-order valence-electron chi connectivity index (χ2n) is 11.1. The molecular weight excluding hydrogens is 567 g/mol. The van der Waals surface area contributed by atoms with Crippen LogP contribution in [0.1, 0.15) is 32.3 Å². The van der Waals surface area contributed by atoms with E-state index in [9.17, 15) is 18.8 Å². The summed E-state index contributed by atoms with van der Waals surface area (Å²) < 4.78 is 22.4. The molecule has 2 aromatic heterocycles. The highest BCUT2D eigenvalue weighted by atomic mass is 19.1. The maximum atomic E-state index is 13.5. The summed E-state index contributed by atoms with van der Waals surface area (Å²) >= 11 is 0. The number of anilines is 2. The van der Waals surface area contributed by atoms with Crippen LogP contribution in [0.25, 0.3) is 11.0 Å². The first-order valence-corrected chi connectivity index (χ1v) is 14.6. The summed E-state index contributed by atoms with van der Waals surface area (Å²) in [6.45, 7) is 4.64. The number of aromatic nitrogens is 4. The Kier molecular flexibility index (Phi) is 9.23. The van der Waals surface area contributed by atoms with Crippen molar-refractivity contribution in [2.75, 3.05) is 29.9 Å². The lowest BCUT2D eigenvalue weighted by molar-refractivity contribution is -0.151. The predicted octanol–water partition coefficient (Wildman–Crippen LogP) is 2.24. The van der Waals surface area contributed by atoms with Gasteiger partial charge in [-0.2, -0.15) is 0 Å². The Morgan fingerprint density at radius 3 is 2.50 bits per heavy atom. The highest BCUT2D eigenvalue weighted by molar-refractivity contribution is 5.86. The molecule has 0 saturated carbocycles. The van der Waals surface area contributed by atoms with Crippen molar-refractivity contribution < 1.29 is 18.7 Å². The zero-order chi connectivity index (χ0) is 31.4. The van der Waals surface area contributed by atoms with Gasteiger partial charge in [0.2, 0.25) is 17.8 Å². The SMILES string of the molecule is CC(N)C(=O)NC(C)C(=O)OCn1c(N(C)C2CCN(c3nc4ccccc4n3Cc3ccc(F)cc3)CC2)nccc1=O. The molecule has 2 atom stereocenters. The van der Waals surface area contributed by atoms with Crippen LogP contribution < -0.4 is 26.4 Å². The van der Waals surface area contributed by atoms with E-state index in [1.807, 2.05) is 36.2 Å². The first-order chi connectivity index (χ1) is 21.1. The number of hydrogen-bond acceptors (Lipinski definition) is 9. The number of nitrogens with one attached hydrogen (secondary N) is 1. The molecule has 232 valence electrons. The molecule has 1 fully saturated rings. The molecule has 1 aliphatic heterocycles. The van der Waals surface area contributed by atoms with Crippen molar-refractivity contribution >= 4 is 34.8 Å². The van der Waals surface area contributed by atoms with E-state index in [4.69, 9.17) is 15.5 Å². The van der Waals surface area contributed by atoms with Gasteiger partial charge in [-0.15, -0.1) is 0 Å². The number of amides is 1. The van der Waals surface area contributed by atoms with Crippen molar-refractivity contribution in [1.82, 2.24) is 24.4 Å². The van der Waals surface area contributed by atoms with Gasteiger partial charge < -0.3 is 30.2 Å². The maximum absolute atomic E-state index is 13.5. The van der Waals surface area contributed by atoms with E-state index in [-0.39, 0.29) is 24.1 Å². The molecule has 3 heterocycles. The van der Waals surface area contributed by atoms with E-state index in [0.29, 0.717) is 25.6 Å². The molecule has 0 aliphatic carbocycles. The molecule has 2 unspecified atom stereocenters. The summed E-state index contributed by atoms with van der Waals surface area (Å²) in [6, 6.07) is 14.1. The fourth-order valence-corrected chi connectivity index (χ4v) is 5.33. The van der Waals surface area contributed by atoms with Crippen molar-refractivity contribution in [3.8, 4) is 0 Å². The van der Waals surface area contributed by atoms with Gasteiger partial charge in [0.25, 0.3) is 5.56 Å². The lowest BCUT2D eigenvalue weighted by Crippen LogP contribution is -2.47. The number of benzene rings is 2. The molecule has 0 spiro atoms. The van der Waals surface area contributed by atoms with Crippen molar-refractivity contribution in [3.05, 3.63) is 82.5 Å². The lowest BCUT2D eigenvalue weighted by Gasteiger charge is -2.38.